The van der Waals surface area contributed by atoms with Gasteiger partial charge in [-0.3, -0.25) is 4.79 Å². The molecule has 17 heavy (non-hydrogen) atoms. The summed E-state index contributed by atoms with van der Waals surface area (Å²) in [4.78, 5) is 25.1. The first-order chi connectivity index (χ1) is 8.02. The lowest BCUT2D eigenvalue weighted by Gasteiger charge is -2.10. The molecule has 0 aromatic carbocycles. The van der Waals surface area contributed by atoms with Crippen LogP contribution in [0.1, 0.15) is 13.8 Å². The van der Waals surface area contributed by atoms with Gasteiger partial charge in [-0.25, -0.2) is 4.79 Å². The third-order valence-corrected chi connectivity index (χ3v) is 1.87. The number of nitrogens with zero attached hydrogens (tertiary/aromatic N) is 1. The van der Waals surface area contributed by atoms with Crippen molar-refractivity contribution in [1.82, 2.24) is 4.90 Å². The summed E-state index contributed by atoms with van der Waals surface area (Å²) in [5, 5.41) is 0. The lowest BCUT2D eigenvalue weighted by atomic mass is 10.1. The van der Waals surface area contributed by atoms with Crippen molar-refractivity contribution in [3.8, 4) is 0 Å². The SMILES string of the molecule is CCOC/C=C(/C(=O)CN(C)C)C(=O)OCC. The standard InChI is InChI=1S/C12H21NO4/c1-5-16-8-7-10(12(15)17-6-2)11(14)9-13(3)4/h7H,5-6,8-9H2,1-4H3/b10-7-. The molecule has 0 N–H and O–H groups in total. The van der Waals surface area contributed by atoms with Crippen molar-refractivity contribution in [3.63, 3.8) is 0 Å². The minimum atomic E-state index is -0.584. The van der Waals surface area contributed by atoms with Gasteiger partial charge in [-0.1, -0.05) is 0 Å². The molecule has 0 saturated carbocycles. The molecule has 0 aliphatic rings. The van der Waals surface area contributed by atoms with Crippen LogP contribution in [0.4, 0.5) is 0 Å². The van der Waals surface area contributed by atoms with E-state index in [4.69, 9.17) is 9.47 Å². The Morgan fingerprint density at radius 2 is 1.82 bits per heavy atom. The Labute approximate surface area is 102 Å². The van der Waals surface area contributed by atoms with Gasteiger partial charge in [0, 0.05) is 6.61 Å². The van der Waals surface area contributed by atoms with Crippen molar-refractivity contribution in [2.24, 2.45) is 0 Å². The third kappa shape index (κ3) is 6.86. The van der Waals surface area contributed by atoms with Crippen molar-refractivity contribution in [3.05, 3.63) is 11.6 Å². The second kappa shape index (κ2) is 8.90. The zero-order chi connectivity index (χ0) is 13.3. The minimum Gasteiger partial charge on any atom is -0.462 e. The summed E-state index contributed by atoms with van der Waals surface area (Å²) in [6.07, 6.45) is 1.48. The van der Waals surface area contributed by atoms with Crippen LogP contribution in [-0.2, 0) is 19.1 Å². The average molecular weight is 243 g/mol. The van der Waals surface area contributed by atoms with Gasteiger partial charge in [0.1, 0.15) is 5.57 Å². The van der Waals surface area contributed by atoms with Crippen LogP contribution >= 0.6 is 0 Å². The molecule has 98 valence electrons. The molecule has 0 heterocycles. The maximum Gasteiger partial charge on any atom is 0.341 e. The highest BCUT2D eigenvalue weighted by Gasteiger charge is 2.19. The highest BCUT2D eigenvalue weighted by Crippen LogP contribution is 2.02. The molecular weight excluding hydrogens is 222 g/mol. The van der Waals surface area contributed by atoms with Gasteiger partial charge in [0.25, 0.3) is 0 Å². The van der Waals surface area contributed by atoms with E-state index < -0.39 is 5.97 Å². The normalized spacial score (nSPS) is 11.7. The first-order valence-electron chi connectivity index (χ1n) is 5.65. The highest BCUT2D eigenvalue weighted by molar-refractivity contribution is 6.18. The quantitative estimate of drug-likeness (QED) is 0.206. The minimum absolute atomic E-state index is 0.0639. The lowest BCUT2D eigenvalue weighted by molar-refractivity contribution is -0.140. The molecule has 0 aliphatic carbocycles. The van der Waals surface area contributed by atoms with E-state index in [-0.39, 0.29) is 31.1 Å². The second-order valence-electron chi connectivity index (χ2n) is 3.66. The van der Waals surface area contributed by atoms with Gasteiger partial charge in [0.05, 0.1) is 19.8 Å². The number of esters is 1. The van der Waals surface area contributed by atoms with Gasteiger partial charge >= 0.3 is 5.97 Å². The van der Waals surface area contributed by atoms with Crippen LogP contribution in [0.25, 0.3) is 0 Å². The van der Waals surface area contributed by atoms with Crippen molar-refractivity contribution in [1.29, 1.82) is 0 Å². The highest BCUT2D eigenvalue weighted by atomic mass is 16.5. The Morgan fingerprint density at radius 3 is 2.29 bits per heavy atom. The molecular formula is C12H21NO4. The molecule has 5 heteroatoms. The fraction of sp³-hybridized carbons (Fsp3) is 0.667. The fourth-order valence-electron chi connectivity index (χ4n) is 1.15. The monoisotopic (exact) mass is 243 g/mol. The maximum atomic E-state index is 11.8. The van der Waals surface area contributed by atoms with Gasteiger partial charge in [0.15, 0.2) is 5.78 Å². The van der Waals surface area contributed by atoms with E-state index in [2.05, 4.69) is 0 Å². The van der Waals surface area contributed by atoms with Gasteiger partial charge < -0.3 is 14.4 Å². The number of ether oxygens (including phenoxy) is 2. The fourth-order valence-corrected chi connectivity index (χ4v) is 1.15. The van der Waals surface area contributed by atoms with Gasteiger partial charge in [-0.2, -0.15) is 0 Å². The zero-order valence-electron chi connectivity index (χ0n) is 11.0. The van der Waals surface area contributed by atoms with Crippen molar-refractivity contribution in [2.75, 3.05) is 40.5 Å². The molecule has 0 atom stereocenters. The van der Waals surface area contributed by atoms with E-state index in [9.17, 15) is 9.59 Å². The lowest BCUT2D eigenvalue weighted by Crippen LogP contribution is -2.27. The Morgan fingerprint density at radius 1 is 1.18 bits per heavy atom. The number of hydrogen-bond acceptors (Lipinski definition) is 5. The molecule has 0 aromatic heterocycles. The van der Waals surface area contributed by atoms with E-state index in [1.807, 2.05) is 6.92 Å². The largest absolute Gasteiger partial charge is 0.462 e. The van der Waals surface area contributed by atoms with Crippen LogP contribution in [-0.4, -0.2) is 57.1 Å². The van der Waals surface area contributed by atoms with Crippen LogP contribution in [0, 0.1) is 0 Å². The van der Waals surface area contributed by atoms with Crippen molar-refractivity contribution < 1.29 is 19.1 Å². The summed E-state index contributed by atoms with van der Waals surface area (Å²) >= 11 is 0. The summed E-state index contributed by atoms with van der Waals surface area (Å²) in [6, 6.07) is 0. The smallest absolute Gasteiger partial charge is 0.341 e. The number of rotatable bonds is 8. The molecule has 0 saturated heterocycles. The molecule has 0 spiro atoms. The van der Waals surface area contributed by atoms with Crippen molar-refractivity contribution >= 4 is 11.8 Å². The molecule has 0 aromatic rings. The Bertz CT molecular complexity index is 284. The summed E-state index contributed by atoms with van der Waals surface area (Å²) in [6.45, 7) is 4.75. The zero-order valence-corrected chi connectivity index (χ0v) is 11.0. The molecule has 0 unspecified atom stereocenters. The molecule has 5 nitrogen and oxygen atoms in total. The molecule has 0 radical (unpaired) electrons. The summed E-state index contributed by atoms with van der Waals surface area (Å²) in [5.41, 5.74) is 0.0639. The van der Waals surface area contributed by atoms with Gasteiger partial charge in [-0.05, 0) is 34.0 Å². The Balaban J connectivity index is 4.65. The molecule has 0 fully saturated rings. The first kappa shape index (κ1) is 15.8. The molecule has 0 bridgehead atoms. The van der Waals surface area contributed by atoms with Gasteiger partial charge in [-0.15, -0.1) is 0 Å². The Kier molecular flexibility index (Phi) is 8.27. The number of likely N-dealkylation sites (N-methyl/N-ethyl adjacent to an activating group) is 1. The van der Waals surface area contributed by atoms with Crippen LogP contribution in [0.15, 0.2) is 11.6 Å². The number of carbonyl (C=O) groups excluding carboxylic acids is 2. The van der Waals surface area contributed by atoms with E-state index in [1.54, 1.807) is 25.9 Å². The average Bonchev–Trinajstić information content (AvgIpc) is 2.23. The van der Waals surface area contributed by atoms with E-state index in [1.165, 1.54) is 6.08 Å². The molecule has 0 amide bonds. The number of ketones is 1. The topological polar surface area (TPSA) is 55.8 Å². The first-order valence-corrected chi connectivity index (χ1v) is 5.65. The third-order valence-electron chi connectivity index (χ3n) is 1.87. The van der Waals surface area contributed by atoms with Crippen LogP contribution in [0.5, 0.6) is 0 Å². The van der Waals surface area contributed by atoms with E-state index in [0.717, 1.165) is 0 Å². The molecule has 0 aliphatic heterocycles. The summed E-state index contributed by atoms with van der Waals surface area (Å²) in [7, 11) is 3.53. The van der Waals surface area contributed by atoms with E-state index >= 15 is 0 Å². The number of hydrogen-bond donors (Lipinski definition) is 0. The summed E-state index contributed by atoms with van der Waals surface area (Å²) < 4.78 is 9.93. The maximum absolute atomic E-state index is 11.8. The van der Waals surface area contributed by atoms with Crippen LogP contribution < -0.4 is 0 Å². The summed E-state index contributed by atoms with van der Waals surface area (Å²) in [5.74, 6) is -0.841. The number of Topliss-reactive ketones (excluding diaryl/α,β-unsaturated/α-hetero) is 1. The Hall–Kier alpha value is -1.20. The van der Waals surface area contributed by atoms with Crippen LogP contribution in [0.3, 0.4) is 0 Å². The van der Waals surface area contributed by atoms with Crippen molar-refractivity contribution in [2.45, 2.75) is 13.8 Å². The second-order valence-corrected chi connectivity index (χ2v) is 3.66. The molecule has 0 rings (SSSR count). The van der Waals surface area contributed by atoms with E-state index in [0.29, 0.717) is 6.61 Å². The predicted octanol–water partition coefficient (Wildman–Crippen LogP) is 0.643. The van der Waals surface area contributed by atoms with Crippen LogP contribution in [0.2, 0.25) is 0 Å². The number of carbonyl (C=O) groups is 2. The predicted molar refractivity (Wildman–Crippen MR) is 64.8 cm³/mol. The van der Waals surface area contributed by atoms with Gasteiger partial charge in [0.2, 0.25) is 0 Å².